The summed E-state index contributed by atoms with van der Waals surface area (Å²) in [7, 11) is 1.99. The standard InChI is InChI=1S/C17H17BrClN/c1-20-17(14-7-8-15(18)16(19)10-14)13-6-5-11-3-2-4-12(11)9-13/h5-10,17,20H,2-4H2,1H3. The number of nitrogens with one attached hydrogen (secondary N) is 1. The van der Waals surface area contributed by atoms with Gasteiger partial charge < -0.3 is 5.32 Å². The highest BCUT2D eigenvalue weighted by molar-refractivity contribution is 9.10. The molecule has 1 aliphatic rings. The van der Waals surface area contributed by atoms with E-state index in [2.05, 4.69) is 45.5 Å². The fraction of sp³-hybridized carbons (Fsp3) is 0.294. The van der Waals surface area contributed by atoms with E-state index in [1.165, 1.54) is 41.5 Å². The highest BCUT2D eigenvalue weighted by Gasteiger charge is 2.17. The van der Waals surface area contributed by atoms with Crippen molar-refractivity contribution in [2.45, 2.75) is 25.3 Å². The van der Waals surface area contributed by atoms with Crippen molar-refractivity contribution < 1.29 is 0 Å². The lowest BCUT2D eigenvalue weighted by Gasteiger charge is -2.19. The van der Waals surface area contributed by atoms with E-state index in [4.69, 9.17) is 11.6 Å². The van der Waals surface area contributed by atoms with Gasteiger partial charge in [0.2, 0.25) is 0 Å². The van der Waals surface area contributed by atoms with Crippen LogP contribution >= 0.6 is 27.5 Å². The number of rotatable bonds is 3. The molecule has 1 nitrogen and oxygen atoms in total. The summed E-state index contributed by atoms with van der Waals surface area (Å²) in [5, 5.41) is 4.15. The molecule has 1 N–H and O–H groups in total. The van der Waals surface area contributed by atoms with E-state index in [9.17, 15) is 0 Å². The smallest absolute Gasteiger partial charge is 0.0574 e. The molecule has 20 heavy (non-hydrogen) atoms. The van der Waals surface area contributed by atoms with Crippen molar-refractivity contribution in [3.8, 4) is 0 Å². The molecule has 0 fully saturated rings. The van der Waals surface area contributed by atoms with Gasteiger partial charge in [-0.2, -0.15) is 0 Å². The number of hydrogen-bond donors (Lipinski definition) is 1. The van der Waals surface area contributed by atoms with Gasteiger partial charge in [-0.25, -0.2) is 0 Å². The van der Waals surface area contributed by atoms with E-state index in [-0.39, 0.29) is 6.04 Å². The molecular formula is C17H17BrClN. The molecule has 3 rings (SSSR count). The van der Waals surface area contributed by atoms with Crippen molar-refractivity contribution in [1.29, 1.82) is 0 Å². The van der Waals surface area contributed by atoms with E-state index in [1.807, 2.05) is 19.2 Å². The van der Waals surface area contributed by atoms with Crippen molar-refractivity contribution in [2.24, 2.45) is 0 Å². The van der Waals surface area contributed by atoms with Gasteiger partial charge in [-0.15, -0.1) is 0 Å². The molecule has 104 valence electrons. The topological polar surface area (TPSA) is 12.0 Å². The third-order valence-electron chi connectivity index (χ3n) is 4.02. The van der Waals surface area contributed by atoms with Gasteiger partial charge in [0.05, 0.1) is 11.1 Å². The molecule has 0 radical (unpaired) electrons. The van der Waals surface area contributed by atoms with E-state index in [1.54, 1.807) is 0 Å². The molecule has 3 heteroatoms. The van der Waals surface area contributed by atoms with E-state index in [0.29, 0.717) is 0 Å². The Morgan fingerprint density at radius 2 is 1.75 bits per heavy atom. The molecule has 0 aromatic heterocycles. The zero-order chi connectivity index (χ0) is 14.1. The fourth-order valence-electron chi connectivity index (χ4n) is 2.99. The molecule has 0 saturated heterocycles. The Kier molecular flexibility index (Phi) is 4.16. The van der Waals surface area contributed by atoms with Crippen LogP contribution in [0.25, 0.3) is 0 Å². The average Bonchev–Trinajstić information content (AvgIpc) is 2.91. The van der Waals surface area contributed by atoms with Crippen molar-refractivity contribution >= 4 is 27.5 Å². The molecule has 1 atom stereocenters. The van der Waals surface area contributed by atoms with Gasteiger partial charge in [0, 0.05) is 4.47 Å². The summed E-state index contributed by atoms with van der Waals surface area (Å²) < 4.78 is 0.937. The van der Waals surface area contributed by atoms with Crippen LogP contribution in [0, 0.1) is 0 Å². The first-order chi connectivity index (χ1) is 9.69. The Hall–Kier alpha value is -0.830. The van der Waals surface area contributed by atoms with Gasteiger partial charge in [0.15, 0.2) is 0 Å². The summed E-state index contributed by atoms with van der Waals surface area (Å²) in [5.41, 5.74) is 5.52. The second-order valence-corrected chi connectivity index (χ2v) is 6.54. The predicted molar refractivity (Wildman–Crippen MR) is 88.5 cm³/mol. The first-order valence-corrected chi connectivity index (χ1v) is 8.10. The maximum atomic E-state index is 6.22. The van der Waals surface area contributed by atoms with Gasteiger partial charge in [0.1, 0.15) is 0 Å². The Labute approximate surface area is 133 Å². The second kappa shape index (κ2) is 5.88. The minimum atomic E-state index is 0.187. The van der Waals surface area contributed by atoms with E-state index in [0.717, 1.165) is 9.50 Å². The lowest BCUT2D eigenvalue weighted by Crippen LogP contribution is -2.17. The SMILES string of the molecule is CNC(c1ccc(Br)c(Cl)c1)c1ccc2c(c1)CCC2. The minimum Gasteiger partial charge on any atom is -0.309 e. The van der Waals surface area contributed by atoms with Gasteiger partial charge in [0.25, 0.3) is 0 Å². The summed E-state index contributed by atoms with van der Waals surface area (Å²) in [5.74, 6) is 0. The Morgan fingerprint density at radius 1 is 1.05 bits per heavy atom. The van der Waals surface area contributed by atoms with Crippen LogP contribution in [0.3, 0.4) is 0 Å². The maximum Gasteiger partial charge on any atom is 0.0574 e. The van der Waals surface area contributed by atoms with Gasteiger partial charge in [-0.1, -0.05) is 35.9 Å². The number of fused-ring (bicyclic) bond motifs is 1. The van der Waals surface area contributed by atoms with E-state index >= 15 is 0 Å². The zero-order valence-electron chi connectivity index (χ0n) is 11.4. The van der Waals surface area contributed by atoms with Crippen LogP contribution in [0.2, 0.25) is 5.02 Å². The summed E-state index contributed by atoms with van der Waals surface area (Å²) in [6.07, 6.45) is 3.72. The van der Waals surface area contributed by atoms with Gasteiger partial charge >= 0.3 is 0 Å². The third-order valence-corrected chi connectivity index (χ3v) is 5.25. The van der Waals surface area contributed by atoms with Crippen molar-refractivity contribution in [3.05, 3.63) is 68.1 Å². The average molecular weight is 351 g/mol. The van der Waals surface area contributed by atoms with Crippen LogP contribution < -0.4 is 5.32 Å². The van der Waals surface area contributed by atoms with Crippen LogP contribution in [0.4, 0.5) is 0 Å². The highest BCUT2D eigenvalue weighted by atomic mass is 79.9. The summed E-state index contributed by atoms with van der Waals surface area (Å²) in [4.78, 5) is 0. The molecule has 0 bridgehead atoms. The summed E-state index contributed by atoms with van der Waals surface area (Å²) >= 11 is 9.67. The number of halogens is 2. The van der Waals surface area contributed by atoms with Crippen molar-refractivity contribution in [1.82, 2.24) is 5.32 Å². The molecule has 1 unspecified atom stereocenters. The monoisotopic (exact) mass is 349 g/mol. The largest absolute Gasteiger partial charge is 0.309 e. The Bertz CT molecular complexity index is 639. The van der Waals surface area contributed by atoms with Crippen LogP contribution in [-0.2, 0) is 12.8 Å². The molecular weight excluding hydrogens is 334 g/mol. The van der Waals surface area contributed by atoms with E-state index < -0.39 is 0 Å². The molecule has 1 aliphatic carbocycles. The molecule has 0 amide bonds. The fourth-order valence-corrected chi connectivity index (χ4v) is 3.42. The van der Waals surface area contributed by atoms with Crippen molar-refractivity contribution in [2.75, 3.05) is 7.05 Å². The second-order valence-electron chi connectivity index (χ2n) is 5.28. The normalized spacial score (nSPS) is 15.2. The molecule has 0 spiro atoms. The first kappa shape index (κ1) is 14.1. The predicted octanol–water partition coefficient (Wildman–Crippen LogP) is 4.90. The third kappa shape index (κ3) is 2.65. The lowest BCUT2D eigenvalue weighted by atomic mass is 9.96. The molecule has 0 saturated carbocycles. The molecule has 2 aromatic carbocycles. The Morgan fingerprint density at radius 3 is 2.50 bits per heavy atom. The maximum absolute atomic E-state index is 6.22. The zero-order valence-corrected chi connectivity index (χ0v) is 13.8. The first-order valence-electron chi connectivity index (χ1n) is 6.93. The van der Waals surface area contributed by atoms with Crippen LogP contribution in [-0.4, -0.2) is 7.05 Å². The molecule has 0 aliphatic heterocycles. The number of hydrogen-bond acceptors (Lipinski definition) is 1. The van der Waals surface area contributed by atoms with Gasteiger partial charge in [-0.3, -0.25) is 0 Å². The molecule has 2 aromatic rings. The summed E-state index contributed by atoms with van der Waals surface area (Å²) in [6, 6.07) is 13.2. The minimum absolute atomic E-state index is 0.187. The van der Waals surface area contributed by atoms with Crippen LogP contribution in [0.1, 0.15) is 34.7 Å². The molecule has 0 heterocycles. The van der Waals surface area contributed by atoms with Crippen LogP contribution in [0.5, 0.6) is 0 Å². The summed E-state index contributed by atoms with van der Waals surface area (Å²) in [6.45, 7) is 0. The lowest BCUT2D eigenvalue weighted by molar-refractivity contribution is 0.691. The number of aryl methyl sites for hydroxylation is 2. The highest BCUT2D eigenvalue weighted by Crippen LogP contribution is 2.31. The van der Waals surface area contributed by atoms with Gasteiger partial charge in [-0.05, 0) is 76.6 Å². The quantitative estimate of drug-likeness (QED) is 0.830. The van der Waals surface area contributed by atoms with Crippen molar-refractivity contribution in [3.63, 3.8) is 0 Å². The number of benzene rings is 2. The van der Waals surface area contributed by atoms with Crippen LogP contribution in [0.15, 0.2) is 40.9 Å². The Balaban J connectivity index is 1.98.